The molecule has 5 nitrogen and oxygen atoms in total. The first-order valence-corrected chi connectivity index (χ1v) is 5.67. The molecule has 0 radical (unpaired) electrons. The summed E-state index contributed by atoms with van der Waals surface area (Å²) in [6, 6.07) is 5.46. The number of nitrogens with zero attached hydrogens (tertiary/aromatic N) is 2. The Hall–Kier alpha value is -2.09. The first-order chi connectivity index (χ1) is 8.29. The Bertz CT molecular complexity index is 448. The van der Waals surface area contributed by atoms with Crippen LogP contribution in [0.15, 0.2) is 18.3 Å². The number of pyridine rings is 1. The van der Waals surface area contributed by atoms with Gasteiger partial charge in [0.05, 0.1) is 0 Å². The van der Waals surface area contributed by atoms with Crippen LogP contribution in [0, 0.1) is 17.2 Å². The minimum Gasteiger partial charge on any atom is -0.383 e. The van der Waals surface area contributed by atoms with Gasteiger partial charge in [-0.3, -0.25) is 4.79 Å². The number of carbonyl (C=O) groups excluding carboxylic acids is 1. The van der Waals surface area contributed by atoms with E-state index in [1.165, 1.54) is 0 Å². The molecular weight excluding hydrogens is 216 g/mol. The summed E-state index contributed by atoms with van der Waals surface area (Å²) in [6.07, 6.45) is 3.63. The first-order valence-electron chi connectivity index (χ1n) is 5.67. The van der Waals surface area contributed by atoms with Crippen LogP contribution in [0.3, 0.4) is 0 Å². The van der Waals surface area contributed by atoms with Gasteiger partial charge < -0.3 is 10.6 Å². The lowest BCUT2D eigenvalue weighted by molar-refractivity contribution is -0.122. The minimum absolute atomic E-state index is 0.152. The second-order valence-corrected chi connectivity index (χ2v) is 4.03. The maximum Gasteiger partial charge on any atom is 0.223 e. The maximum atomic E-state index is 11.3. The van der Waals surface area contributed by atoms with Gasteiger partial charge in [-0.2, -0.15) is 5.26 Å². The highest BCUT2D eigenvalue weighted by Gasteiger charge is 2.28. The van der Waals surface area contributed by atoms with Crippen LogP contribution in [0.1, 0.15) is 18.5 Å². The molecule has 2 rings (SSSR count). The van der Waals surface area contributed by atoms with E-state index in [1.807, 2.05) is 6.07 Å². The zero-order chi connectivity index (χ0) is 12.1. The predicted octanol–water partition coefficient (Wildman–Crippen LogP) is 0.891. The Kier molecular flexibility index (Phi) is 3.55. The minimum atomic E-state index is 0.152. The van der Waals surface area contributed by atoms with Crippen LogP contribution in [-0.2, 0) is 4.79 Å². The largest absolute Gasteiger partial charge is 0.383 e. The van der Waals surface area contributed by atoms with Gasteiger partial charge in [0, 0.05) is 30.9 Å². The van der Waals surface area contributed by atoms with E-state index in [2.05, 4.69) is 15.6 Å². The predicted molar refractivity (Wildman–Crippen MR) is 63.2 cm³/mol. The van der Waals surface area contributed by atoms with Crippen molar-refractivity contribution in [2.75, 3.05) is 18.4 Å². The molecule has 0 spiro atoms. The molecule has 17 heavy (non-hydrogen) atoms. The third kappa shape index (κ3) is 3.45. The van der Waals surface area contributed by atoms with Gasteiger partial charge in [-0.1, -0.05) is 0 Å². The molecule has 0 unspecified atom stereocenters. The summed E-state index contributed by atoms with van der Waals surface area (Å²) in [4.78, 5) is 15.2. The second kappa shape index (κ2) is 5.30. The lowest BCUT2D eigenvalue weighted by Crippen LogP contribution is -2.29. The molecule has 88 valence electrons. The van der Waals surface area contributed by atoms with E-state index in [0.29, 0.717) is 18.8 Å². The van der Waals surface area contributed by atoms with Crippen molar-refractivity contribution in [3.05, 3.63) is 24.0 Å². The van der Waals surface area contributed by atoms with Crippen LogP contribution in [0.4, 0.5) is 5.69 Å². The summed E-state index contributed by atoms with van der Waals surface area (Å²) in [7, 11) is 0. The van der Waals surface area contributed by atoms with Crippen LogP contribution in [0.5, 0.6) is 0 Å². The highest BCUT2D eigenvalue weighted by atomic mass is 16.2. The lowest BCUT2D eigenvalue weighted by Gasteiger charge is -2.07. The van der Waals surface area contributed by atoms with Crippen molar-refractivity contribution >= 4 is 11.6 Å². The van der Waals surface area contributed by atoms with E-state index in [0.717, 1.165) is 18.5 Å². The van der Waals surface area contributed by atoms with E-state index >= 15 is 0 Å². The van der Waals surface area contributed by atoms with Gasteiger partial charge in [-0.15, -0.1) is 0 Å². The molecule has 1 fully saturated rings. The number of hydrogen-bond acceptors (Lipinski definition) is 4. The van der Waals surface area contributed by atoms with Gasteiger partial charge in [0.15, 0.2) is 0 Å². The number of nitriles is 1. The fourth-order valence-electron chi connectivity index (χ4n) is 1.48. The van der Waals surface area contributed by atoms with Gasteiger partial charge in [0.1, 0.15) is 11.8 Å². The molecule has 1 aromatic heterocycles. The van der Waals surface area contributed by atoms with E-state index in [9.17, 15) is 4.79 Å². The van der Waals surface area contributed by atoms with Crippen molar-refractivity contribution in [2.45, 2.75) is 12.8 Å². The topological polar surface area (TPSA) is 77.8 Å². The molecule has 5 heteroatoms. The van der Waals surface area contributed by atoms with Crippen molar-refractivity contribution in [1.29, 1.82) is 5.26 Å². The zero-order valence-electron chi connectivity index (χ0n) is 9.44. The number of amides is 1. The standard InChI is InChI=1S/C12H14N4O/c13-8-11-7-10(3-4-14-11)15-5-6-16-12(17)9-1-2-9/h3-4,7,9H,1-2,5-6H2,(H,14,15)(H,16,17). The Labute approximate surface area is 99.9 Å². The van der Waals surface area contributed by atoms with Crippen molar-refractivity contribution in [3.8, 4) is 6.07 Å². The van der Waals surface area contributed by atoms with Crippen molar-refractivity contribution in [1.82, 2.24) is 10.3 Å². The van der Waals surface area contributed by atoms with Crippen molar-refractivity contribution < 1.29 is 4.79 Å². The van der Waals surface area contributed by atoms with Crippen LogP contribution >= 0.6 is 0 Å². The fraction of sp³-hybridized carbons (Fsp3) is 0.417. The van der Waals surface area contributed by atoms with Gasteiger partial charge >= 0.3 is 0 Å². The molecular formula is C12H14N4O. The fourth-order valence-corrected chi connectivity index (χ4v) is 1.48. The summed E-state index contributed by atoms with van der Waals surface area (Å²) >= 11 is 0. The second-order valence-electron chi connectivity index (χ2n) is 4.03. The Morgan fingerprint density at radius 1 is 1.53 bits per heavy atom. The Morgan fingerprint density at radius 2 is 2.35 bits per heavy atom. The SMILES string of the molecule is N#Cc1cc(NCCNC(=O)C2CC2)ccn1. The molecule has 1 heterocycles. The van der Waals surface area contributed by atoms with E-state index in [1.54, 1.807) is 18.3 Å². The molecule has 1 saturated carbocycles. The molecule has 1 aliphatic rings. The monoisotopic (exact) mass is 230 g/mol. The molecule has 1 amide bonds. The summed E-state index contributed by atoms with van der Waals surface area (Å²) in [5.74, 6) is 0.403. The van der Waals surface area contributed by atoms with Gasteiger partial charge in [-0.05, 0) is 25.0 Å². The molecule has 0 saturated heterocycles. The average molecular weight is 230 g/mol. The first kappa shape index (κ1) is 11.4. The third-order valence-electron chi connectivity index (χ3n) is 2.58. The summed E-state index contributed by atoms with van der Waals surface area (Å²) < 4.78 is 0. The molecule has 0 aliphatic heterocycles. The van der Waals surface area contributed by atoms with Gasteiger partial charge in [-0.25, -0.2) is 4.98 Å². The lowest BCUT2D eigenvalue weighted by atomic mass is 10.3. The smallest absolute Gasteiger partial charge is 0.223 e. The van der Waals surface area contributed by atoms with E-state index in [-0.39, 0.29) is 11.8 Å². The average Bonchev–Trinajstić information content (AvgIpc) is 3.19. The normalized spacial score (nSPS) is 13.8. The Morgan fingerprint density at radius 3 is 3.06 bits per heavy atom. The highest BCUT2D eigenvalue weighted by molar-refractivity contribution is 5.80. The number of carbonyl (C=O) groups is 1. The van der Waals surface area contributed by atoms with Gasteiger partial charge in [0.25, 0.3) is 0 Å². The van der Waals surface area contributed by atoms with E-state index < -0.39 is 0 Å². The summed E-state index contributed by atoms with van der Waals surface area (Å²) in [5, 5.41) is 14.7. The van der Waals surface area contributed by atoms with Crippen LogP contribution in [-0.4, -0.2) is 24.0 Å². The maximum absolute atomic E-state index is 11.3. The number of anilines is 1. The molecule has 0 aromatic carbocycles. The summed E-state index contributed by atoms with van der Waals surface area (Å²) in [6.45, 7) is 1.24. The van der Waals surface area contributed by atoms with E-state index in [4.69, 9.17) is 5.26 Å². The quantitative estimate of drug-likeness (QED) is 0.736. The molecule has 0 atom stereocenters. The number of rotatable bonds is 5. The van der Waals surface area contributed by atoms with Crippen LogP contribution in [0.2, 0.25) is 0 Å². The molecule has 2 N–H and O–H groups in total. The molecule has 1 aromatic rings. The Balaban J connectivity index is 1.70. The van der Waals surface area contributed by atoms with Crippen LogP contribution < -0.4 is 10.6 Å². The zero-order valence-corrected chi connectivity index (χ0v) is 9.44. The van der Waals surface area contributed by atoms with Crippen molar-refractivity contribution in [2.24, 2.45) is 5.92 Å². The molecule has 0 bridgehead atoms. The van der Waals surface area contributed by atoms with Crippen molar-refractivity contribution in [3.63, 3.8) is 0 Å². The van der Waals surface area contributed by atoms with Crippen LogP contribution in [0.25, 0.3) is 0 Å². The third-order valence-corrected chi connectivity index (χ3v) is 2.58. The number of hydrogen-bond donors (Lipinski definition) is 2. The van der Waals surface area contributed by atoms with Gasteiger partial charge in [0.2, 0.25) is 5.91 Å². The number of aromatic nitrogens is 1. The number of nitrogens with one attached hydrogen (secondary N) is 2. The highest BCUT2D eigenvalue weighted by Crippen LogP contribution is 2.28. The summed E-state index contributed by atoms with van der Waals surface area (Å²) in [5.41, 5.74) is 1.23. The molecule has 1 aliphatic carbocycles.